The molecule has 0 saturated carbocycles. The standard InChI is InChI=1S/C29H31ClN6O2/c1-17-27(35(4)34-33-17)19-14-24-25(32-16-19)21-8-7-20(29(2,3)37)15-23(21)36(24)28(18-9-12-38-13-10-18)26-22(30)6-5-11-31-26/h5-8,11,14-16,18,28,37H,9-10,12-13H2,1-4H3/i1D3. The van der Waals surface area contributed by atoms with Gasteiger partial charge < -0.3 is 14.4 Å². The number of pyridine rings is 2. The van der Waals surface area contributed by atoms with E-state index in [1.807, 2.05) is 36.4 Å². The molecule has 6 rings (SSSR count). The van der Waals surface area contributed by atoms with E-state index < -0.39 is 12.5 Å². The van der Waals surface area contributed by atoms with Crippen molar-refractivity contribution in [1.82, 2.24) is 29.5 Å². The minimum atomic E-state index is -2.45. The van der Waals surface area contributed by atoms with Crippen molar-refractivity contribution in [2.75, 3.05) is 13.2 Å². The van der Waals surface area contributed by atoms with Gasteiger partial charge in [0.2, 0.25) is 0 Å². The molecule has 4 aromatic heterocycles. The molecule has 1 fully saturated rings. The van der Waals surface area contributed by atoms with Gasteiger partial charge in [0.1, 0.15) is 0 Å². The molecule has 8 nitrogen and oxygen atoms in total. The summed E-state index contributed by atoms with van der Waals surface area (Å²) in [5.41, 5.74) is 3.73. The molecular formula is C29H31ClN6O2. The average Bonchev–Trinajstić information content (AvgIpc) is 3.48. The molecule has 0 radical (unpaired) electrons. The van der Waals surface area contributed by atoms with Gasteiger partial charge in [-0.3, -0.25) is 9.97 Å². The first-order valence-corrected chi connectivity index (χ1v) is 13.1. The normalized spacial score (nSPS) is 17.4. The lowest BCUT2D eigenvalue weighted by Crippen LogP contribution is -2.28. The van der Waals surface area contributed by atoms with Crippen molar-refractivity contribution in [2.24, 2.45) is 13.0 Å². The van der Waals surface area contributed by atoms with Crippen LogP contribution < -0.4 is 0 Å². The topological polar surface area (TPSA) is 90.9 Å². The zero-order valence-corrected chi connectivity index (χ0v) is 22.3. The number of rotatable bonds is 5. The molecule has 5 heterocycles. The van der Waals surface area contributed by atoms with E-state index in [0.717, 1.165) is 46.0 Å². The summed E-state index contributed by atoms with van der Waals surface area (Å²) in [4.78, 5) is 9.64. The Labute approximate surface area is 230 Å². The lowest BCUT2D eigenvalue weighted by molar-refractivity contribution is 0.0547. The maximum atomic E-state index is 10.9. The van der Waals surface area contributed by atoms with Crippen LogP contribution in [0.4, 0.5) is 0 Å². The zero-order chi connectivity index (χ0) is 29.1. The molecule has 38 heavy (non-hydrogen) atoms. The highest BCUT2D eigenvalue weighted by atomic mass is 35.5. The van der Waals surface area contributed by atoms with Crippen molar-refractivity contribution in [3.8, 4) is 11.3 Å². The summed E-state index contributed by atoms with van der Waals surface area (Å²) < 4.78 is 33.5. The molecule has 0 bridgehead atoms. The number of aliphatic hydroxyl groups is 1. The third-order valence-corrected chi connectivity index (χ3v) is 7.82. The van der Waals surface area contributed by atoms with Gasteiger partial charge in [-0.1, -0.05) is 28.9 Å². The van der Waals surface area contributed by atoms with Crippen LogP contribution in [0, 0.1) is 12.8 Å². The average molecular weight is 534 g/mol. The van der Waals surface area contributed by atoms with Crippen molar-refractivity contribution in [3.63, 3.8) is 0 Å². The van der Waals surface area contributed by atoms with Gasteiger partial charge in [0, 0.05) is 47.7 Å². The Kier molecular flexibility index (Phi) is 5.37. The third-order valence-electron chi connectivity index (χ3n) is 7.50. The van der Waals surface area contributed by atoms with Crippen molar-refractivity contribution in [1.29, 1.82) is 0 Å². The lowest BCUT2D eigenvalue weighted by atomic mass is 9.88. The molecule has 1 saturated heterocycles. The van der Waals surface area contributed by atoms with Crippen molar-refractivity contribution in [3.05, 3.63) is 70.8 Å². The summed E-state index contributed by atoms with van der Waals surface area (Å²) in [6, 6.07) is 11.2. The predicted molar refractivity (Wildman–Crippen MR) is 148 cm³/mol. The van der Waals surface area contributed by atoms with Gasteiger partial charge in [0.15, 0.2) is 0 Å². The molecule has 1 aliphatic heterocycles. The van der Waals surface area contributed by atoms with Gasteiger partial charge in [0.05, 0.1) is 50.3 Å². The molecule has 1 aliphatic rings. The van der Waals surface area contributed by atoms with Crippen LogP contribution in [0.15, 0.2) is 48.8 Å². The molecule has 1 aromatic carbocycles. The van der Waals surface area contributed by atoms with E-state index in [1.54, 1.807) is 33.3 Å². The molecular weight excluding hydrogens is 500 g/mol. The number of hydrogen-bond acceptors (Lipinski definition) is 6. The SMILES string of the molecule is [2H]C([2H])([2H])c1nnn(C)c1-c1cnc2c3ccc(C(C)(C)O)cc3n(C(c3ncccc3Cl)C3CCOCC3)c2c1. The molecule has 1 unspecified atom stereocenters. The first-order chi connectivity index (χ1) is 19.4. The fourth-order valence-electron chi connectivity index (χ4n) is 5.60. The van der Waals surface area contributed by atoms with E-state index >= 15 is 0 Å². The van der Waals surface area contributed by atoms with Crippen LogP contribution in [0.3, 0.4) is 0 Å². The van der Waals surface area contributed by atoms with E-state index in [2.05, 4.69) is 14.9 Å². The van der Waals surface area contributed by atoms with Crippen LogP contribution in [0.25, 0.3) is 33.2 Å². The van der Waals surface area contributed by atoms with Gasteiger partial charge >= 0.3 is 0 Å². The largest absolute Gasteiger partial charge is 0.386 e. The Morgan fingerprint density at radius 2 is 1.97 bits per heavy atom. The fraction of sp³-hybridized carbons (Fsp3) is 0.379. The highest BCUT2D eigenvalue weighted by Crippen LogP contribution is 2.43. The maximum absolute atomic E-state index is 10.9. The van der Waals surface area contributed by atoms with E-state index in [9.17, 15) is 5.11 Å². The molecule has 9 heteroatoms. The first kappa shape index (κ1) is 21.6. The molecule has 5 aromatic rings. The Balaban J connectivity index is 1.71. The summed E-state index contributed by atoms with van der Waals surface area (Å²) >= 11 is 6.82. The molecule has 196 valence electrons. The number of nitrogens with zero attached hydrogens (tertiary/aromatic N) is 6. The molecule has 1 atom stereocenters. The second kappa shape index (κ2) is 9.45. The number of ether oxygens (including phenoxy) is 1. The predicted octanol–water partition coefficient (Wildman–Crippen LogP) is 5.59. The Bertz CT molecular complexity index is 1750. The van der Waals surface area contributed by atoms with Gasteiger partial charge in [-0.05, 0) is 69.3 Å². The quantitative estimate of drug-likeness (QED) is 0.317. The van der Waals surface area contributed by atoms with Crippen molar-refractivity contribution < 1.29 is 14.0 Å². The Morgan fingerprint density at radius 1 is 1.16 bits per heavy atom. The van der Waals surface area contributed by atoms with Crippen LogP contribution in [0.2, 0.25) is 5.02 Å². The Hall–Kier alpha value is -3.33. The number of aromatic nitrogens is 6. The number of aryl methyl sites for hydroxylation is 2. The minimum absolute atomic E-state index is 0.0816. The third kappa shape index (κ3) is 4.17. The maximum Gasteiger partial charge on any atom is 0.0960 e. The summed E-state index contributed by atoms with van der Waals surface area (Å²) in [5.74, 6) is 0.153. The van der Waals surface area contributed by atoms with Gasteiger partial charge in [-0.25, -0.2) is 4.68 Å². The highest BCUT2D eigenvalue weighted by Gasteiger charge is 2.33. The van der Waals surface area contributed by atoms with Crippen molar-refractivity contribution in [2.45, 2.75) is 45.2 Å². The van der Waals surface area contributed by atoms with E-state index in [1.165, 1.54) is 4.68 Å². The van der Waals surface area contributed by atoms with Crippen molar-refractivity contribution >= 4 is 33.5 Å². The van der Waals surface area contributed by atoms with E-state index in [4.69, 9.17) is 30.4 Å². The highest BCUT2D eigenvalue weighted by molar-refractivity contribution is 6.31. The second-order valence-corrected chi connectivity index (χ2v) is 10.8. The Morgan fingerprint density at radius 3 is 2.71 bits per heavy atom. The number of hydrogen-bond donors (Lipinski definition) is 1. The van der Waals surface area contributed by atoms with Crippen LogP contribution in [0.5, 0.6) is 0 Å². The molecule has 0 amide bonds. The molecule has 0 aliphatic carbocycles. The summed E-state index contributed by atoms with van der Waals surface area (Å²) in [5, 5.41) is 20.4. The minimum Gasteiger partial charge on any atom is -0.386 e. The van der Waals surface area contributed by atoms with Crippen LogP contribution in [0.1, 0.15) is 53.8 Å². The van der Waals surface area contributed by atoms with E-state index in [-0.39, 0.29) is 17.7 Å². The van der Waals surface area contributed by atoms with E-state index in [0.29, 0.717) is 29.5 Å². The monoisotopic (exact) mass is 533 g/mol. The number of benzene rings is 1. The van der Waals surface area contributed by atoms with Crippen LogP contribution in [-0.4, -0.2) is 47.8 Å². The fourth-order valence-corrected chi connectivity index (χ4v) is 5.83. The molecule has 1 N–H and O–H groups in total. The second-order valence-electron chi connectivity index (χ2n) is 10.4. The molecule has 0 spiro atoms. The summed E-state index contributed by atoms with van der Waals surface area (Å²) in [6.07, 6.45) is 5.04. The smallest absolute Gasteiger partial charge is 0.0960 e. The first-order valence-electron chi connectivity index (χ1n) is 14.2. The number of halogens is 1. The van der Waals surface area contributed by atoms with Crippen LogP contribution in [-0.2, 0) is 17.4 Å². The summed E-state index contributed by atoms with van der Waals surface area (Å²) in [7, 11) is 1.67. The van der Waals surface area contributed by atoms with Crippen LogP contribution >= 0.6 is 11.6 Å². The lowest BCUT2D eigenvalue weighted by Gasteiger charge is -2.33. The van der Waals surface area contributed by atoms with Gasteiger partial charge in [-0.2, -0.15) is 0 Å². The zero-order valence-electron chi connectivity index (χ0n) is 24.5. The number of fused-ring (bicyclic) bond motifs is 3. The summed E-state index contributed by atoms with van der Waals surface area (Å²) in [6.45, 7) is 2.33. The van der Waals surface area contributed by atoms with Gasteiger partial charge in [-0.15, -0.1) is 5.10 Å². The van der Waals surface area contributed by atoms with Gasteiger partial charge in [0.25, 0.3) is 0 Å².